The van der Waals surface area contributed by atoms with E-state index in [0.717, 1.165) is 24.3 Å². The SMILES string of the molecule is CCNC(=O)NC1CC(Cc2cc(C(C)(C)C)on2)C1(C)C. The molecule has 5 heteroatoms. The van der Waals surface area contributed by atoms with Gasteiger partial charge < -0.3 is 15.2 Å². The van der Waals surface area contributed by atoms with Gasteiger partial charge in [-0.05, 0) is 31.1 Å². The molecule has 0 aromatic carbocycles. The molecule has 1 aliphatic rings. The molecule has 2 unspecified atom stereocenters. The van der Waals surface area contributed by atoms with Gasteiger partial charge in [-0.2, -0.15) is 0 Å². The molecule has 0 bridgehead atoms. The van der Waals surface area contributed by atoms with E-state index in [-0.39, 0.29) is 22.9 Å². The first-order chi connectivity index (χ1) is 10.1. The highest BCUT2D eigenvalue weighted by Crippen LogP contribution is 2.47. The number of nitrogens with zero attached hydrogens (tertiary/aromatic N) is 1. The van der Waals surface area contributed by atoms with E-state index in [4.69, 9.17) is 4.52 Å². The van der Waals surface area contributed by atoms with Gasteiger partial charge in [0.1, 0.15) is 5.76 Å². The lowest BCUT2D eigenvalue weighted by atomic mass is 9.57. The van der Waals surface area contributed by atoms with Crippen molar-refractivity contribution >= 4 is 6.03 Å². The minimum Gasteiger partial charge on any atom is -0.361 e. The first-order valence-electron chi connectivity index (χ1n) is 8.15. The van der Waals surface area contributed by atoms with Gasteiger partial charge in [-0.25, -0.2) is 4.79 Å². The smallest absolute Gasteiger partial charge is 0.315 e. The summed E-state index contributed by atoms with van der Waals surface area (Å²) in [4.78, 5) is 11.7. The van der Waals surface area contributed by atoms with Crippen molar-refractivity contribution < 1.29 is 9.32 Å². The van der Waals surface area contributed by atoms with Crippen LogP contribution in [0.1, 0.15) is 59.4 Å². The average molecular weight is 307 g/mol. The number of carbonyl (C=O) groups is 1. The van der Waals surface area contributed by atoms with Crippen molar-refractivity contribution in [1.29, 1.82) is 0 Å². The van der Waals surface area contributed by atoms with Gasteiger partial charge >= 0.3 is 6.03 Å². The highest BCUT2D eigenvalue weighted by Gasteiger charge is 2.48. The lowest BCUT2D eigenvalue weighted by Crippen LogP contribution is -2.60. The van der Waals surface area contributed by atoms with Gasteiger partial charge in [-0.1, -0.05) is 39.8 Å². The van der Waals surface area contributed by atoms with Crippen LogP contribution in [-0.2, 0) is 11.8 Å². The van der Waals surface area contributed by atoms with Gasteiger partial charge in [-0.3, -0.25) is 0 Å². The Morgan fingerprint density at radius 1 is 1.45 bits per heavy atom. The number of rotatable bonds is 4. The van der Waals surface area contributed by atoms with E-state index in [0.29, 0.717) is 12.5 Å². The number of hydrogen-bond acceptors (Lipinski definition) is 3. The van der Waals surface area contributed by atoms with Gasteiger partial charge in [-0.15, -0.1) is 0 Å². The van der Waals surface area contributed by atoms with Crippen LogP contribution in [0, 0.1) is 11.3 Å². The standard InChI is InChI=1S/C17H29N3O2/c1-7-18-15(21)19-13-9-11(17(13,5)6)8-12-10-14(22-20-12)16(2,3)4/h10-11,13H,7-9H2,1-6H3,(H2,18,19,21). The minimum atomic E-state index is -0.0736. The van der Waals surface area contributed by atoms with Gasteiger partial charge in [0.2, 0.25) is 0 Å². The van der Waals surface area contributed by atoms with E-state index < -0.39 is 0 Å². The molecule has 2 N–H and O–H groups in total. The molecule has 0 aliphatic heterocycles. The van der Waals surface area contributed by atoms with Crippen molar-refractivity contribution in [1.82, 2.24) is 15.8 Å². The molecule has 124 valence electrons. The van der Waals surface area contributed by atoms with Crippen LogP contribution >= 0.6 is 0 Å². The van der Waals surface area contributed by atoms with Crippen molar-refractivity contribution in [3.8, 4) is 0 Å². The maximum absolute atomic E-state index is 11.7. The molecule has 0 spiro atoms. The zero-order chi connectivity index (χ0) is 16.5. The number of nitrogens with one attached hydrogen (secondary N) is 2. The van der Waals surface area contributed by atoms with Crippen LogP contribution in [0.15, 0.2) is 10.6 Å². The molecule has 0 saturated heterocycles. The second-order valence-electron chi connectivity index (χ2n) is 7.95. The summed E-state index contributed by atoms with van der Waals surface area (Å²) in [6.45, 7) is 13.4. The second kappa shape index (κ2) is 5.94. The molecule has 1 aliphatic carbocycles. The molecule has 1 fully saturated rings. The van der Waals surface area contributed by atoms with E-state index in [9.17, 15) is 4.79 Å². The lowest BCUT2D eigenvalue weighted by molar-refractivity contribution is 0.0201. The Morgan fingerprint density at radius 3 is 2.64 bits per heavy atom. The molecule has 1 aromatic rings. The molecule has 2 atom stereocenters. The van der Waals surface area contributed by atoms with E-state index in [1.165, 1.54) is 0 Å². The molecule has 2 amide bonds. The topological polar surface area (TPSA) is 67.2 Å². The fourth-order valence-electron chi connectivity index (χ4n) is 2.99. The summed E-state index contributed by atoms with van der Waals surface area (Å²) in [6.07, 6.45) is 1.89. The molecular weight excluding hydrogens is 278 g/mol. The number of amides is 2. The van der Waals surface area contributed by atoms with Crippen LogP contribution < -0.4 is 10.6 Å². The summed E-state index contributed by atoms with van der Waals surface area (Å²) in [5.41, 5.74) is 1.08. The Bertz CT molecular complexity index is 528. The molecule has 1 saturated carbocycles. The number of hydrogen-bond donors (Lipinski definition) is 2. The van der Waals surface area contributed by atoms with Crippen LogP contribution in [0.3, 0.4) is 0 Å². The van der Waals surface area contributed by atoms with Crippen molar-refractivity contribution in [2.75, 3.05) is 6.54 Å². The van der Waals surface area contributed by atoms with Gasteiger partial charge in [0.05, 0.1) is 5.69 Å². The van der Waals surface area contributed by atoms with Gasteiger partial charge in [0.25, 0.3) is 0 Å². The van der Waals surface area contributed by atoms with E-state index in [2.05, 4.69) is 56.5 Å². The van der Waals surface area contributed by atoms with Gasteiger partial charge in [0.15, 0.2) is 0 Å². The van der Waals surface area contributed by atoms with E-state index in [1.807, 2.05) is 6.92 Å². The first-order valence-corrected chi connectivity index (χ1v) is 8.15. The Kier molecular flexibility index (Phi) is 4.54. The fourth-order valence-corrected chi connectivity index (χ4v) is 2.99. The summed E-state index contributed by atoms with van der Waals surface area (Å²) in [5.74, 6) is 1.44. The average Bonchev–Trinajstić information content (AvgIpc) is 2.86. The van der Waals surface area contributed by atoms with E-state index >= 15 is 0 Å². The summed E-state index contributed by atoms with van der Waals surface area (Å²) >= 11 is 0. The predicted octanol–water partition coefficient (Wildman–Crippen LogP) is 3.25. The summed E-state index contributed by atoms with van der Waals surface area (Å²) < 4.78 is 5.46. The highest BCUT2D eigenvalue weighted by atomic mass is 16.5. The second-order valence-corrected chi connectivity index (χ2v) is 7.95. The zero-order valence-electron chi connectivity index (χ0n) is 14.6. The van der Waals surface area contributed by atoms with Crippen LogP contribution in [0.2, 0.25) is 0 Å². The molecule has 22 heavy (non-hydrogen) atoms. The van der Waals surface area contributed by atoms with Gasteiger partial charge in [0, 0.05) is 24.1 Å². The van der Waals surface area contributed by atoms with Crippen LogP contribution in [-0.4, -0.2) is 23.8 Å². The van der Waals surface area contributed by atoms with Crippen LogP contribution in [0.5, 0.6) is 0 Å². The maximum Gasteiger partial charge on any atom is 0.315 e. The van der Waals surface area contributed by atoms with Crippen molar-refractivity contribution in [2.45, 2.75) is 65.8 Å². The molecule has 5 nitrogen and oxygen atoms in total. The van der Waals surface area contributed by atoms with Crippen LogP contribution in [0.25, 0.3) is 0 Å². The Hall–Kier alpha value is -1.52. The monoisotopic (exact) mass is 307 g/mol. The maximum atomic E-state index is 11.7. The lowest BCUT2D eigenvalue weighted by Gasteiger charge is -2.52. The normalized spacial score (nSPS) is 23.7. The Labute approximate surface area is 133 Å². The zero-order valence-corrected chi connectivity index (χ0v) is 14.6. The quantitative estimate of drug-likeness (QED) is 0.897. The Balaban J connectivity index is 1.93. The number of urea groups is 1. The highest BCUT2D eigenvalue weighted by molar-refractivity contribution is 5.74. The number of carbonyl (C=O) groups excluding carboxylic acids is 1. The Morgan fingerprint density at radius 2 is 2.14 bits per heavy atom. The molecular formula is C17H29N3O2. The third-order valence-electron chi connectivity index (χ3n) is 4.87. The summed E-state index contributed by atoms with van der Waals surface area (Å²) in [5, 5.41) is 10.1. The number of aromatic nitrogens is 1. The third kappa shape index (κ3) is 3.45. The predicted molar refractivity (Wildman–Crippen MR) is 86.8 cm³/mol. The van der Waals surface area contributed by atoms with Crippen molar-refractivity contribution in [3.63, 3.8) is 0 Å². The largest absolute Gasteiger partial charge is 0.361 e. The first kappa shape index (κ1) is 16.8. The molecule has 2 rings (SSSR count). The van der Waals surface area contributed by atoms with Crippen LogP contribution in [0.4, 0.5) is 4.79 Å². The molecule has 1 heterocycles. The van der Waals surface area contributed by atoms with Crippen molar-refractivity contribution in [3.05, 3.63) is 17.5 Å². The van der Waals surface area contributed by atoms with E-state index in [1.54, 1.807) is 0 Å². The summed E-state index contributed by atoms with van der Waals surface area (Å²) in [7, 11) is 0. The van der Waals surface area contributed by atoms with Crippen molar-refractivity contribution in [2.24, 2.45) is 11.3 Å². The third-order valence-corrected chi connectivity index (χ3v) is 4.87. The minimum absolute atomic E-state index is 0.0112. The molecule has 0 radical (unpaired) electrons. The summed E-state index contributed by atoms with van der Waals surface area (Å²) in [6, 6.07) is 2.22. The molecule has 1 aromatic heterocycles. The fraction of sp³-hybridized carbons (Fsp3) is 0.765.